The van der Waals surface area contributed by atoms with Crippen molar-refractivity contribution in [3.8, 4) is 0 Å². The van der Waals surface area contributed by atoms with Gasteiger partial charge in [-0.05, 0) is 56.9 Å². The molecule has 7 nitrogen and oxygen atoms in total. The van der Waals surface area contributed by atoms with Gasteiger partial charge in [-0.2, -0.15) is 0 Å². The fourth-order valence-corrected chi connectivity index (χ4v) is 3.58. The lowest BCUT2D eigenvalue weighted by Gasteiger charge is -2.32. The molecular formula is C21H31FIN5O2. The summed E-state index contributed by atoms with van der Waals surface area (Å²) in [7, 11) is 0. The number of aromatic amines is 1. The first-order valence-corrected chi connectivity index (χ1v) is 10.3. The Balaban J connectivity index is 0.00000320. The second-order valence-electron chi connectivity index (χ2n) is 7.12. The number of halogens is 2. The minimum atomic E-state index is -0.235. The van der Waals surface area contributed by atoms with Crippen molar-refractivity contribution in [2.24, 2.45) is 4.99 Å². The molecule has 1 saturated heterocycles. The van der Waals surface area contributed by atoms with Crippen LogP contribution in [0.25, 0.3) is 10.9 Å². The molecule has 0 radical (unpaired) electrons. The molecule has 1 fully saturated rings. The van der Waals surface area contributed by atoms with Gasteiger partial charge < -0.3 is 25.3 Å². The molecule has 1 aromatic carbocycles. The topological polar surface area (TPSA) is 81.8 Å². The van der Waals surface area contributed by atoms with Gasteiger partial charge in [0.15, 0.2) is 5.96 Å². The second kappa shape index (κ2) is 12.0. The third-order valence-electron chi connectivity index (χ3n) is 5.09. The van der Waals surface area contributed by atoms with Crippen LogP contribution >= 0.6 is 24.0 Å². The van der Waals surface area contributed by atoms with Gasteiger partial charge in [-0.3, -0.25) is 4.99 Å². The fourth-order valence-electron chi connectivity index (χ4n) is 3.58. The summed E-state index contributed by atoms with van der Waals surface area (Å²) in [6.45, 7) is 6.97. The van der Waals surface area contributed by atoms with E-state index in [1.54, 1.807) is 17.0 Å². The summed E-state index contributed by atoms with van der Waals surface area (Å²) in [6.07, 6.45) is 4.11. The number of rotatable bonds is 6. The van der Waals surface area contributed by atoms with E-state index >= 15 is 0 Å². The van der Waals surface area contributed by atoms with E-state index in [9.17, 15) is 9.18 Å². The van der Waals surface area contributed by atoms with E-state index in [1.165, 1.54) is 6.07 Å². The van der Waals surface area contributed by atoms with Crippen LogP contribution in [0.4, 0.5) is 9.18 Å². The molecule has 1 aliphatic heterocycles. The van der Waals surface area contributed by atoms with Crippen molar-refractivity contribution < 1.29 is 13.9 Å². The van der Waals surface area contributed by atoms with Crippen LogP contribution in [-0.2, 0) is 11.2 Å². The van der Waals surface area contributed by atoms with Gasteiger partial charge in [0.25, 0.3) is 0 Å². The molecule has 0 spiro atoms. The van der Waals surface area contributed by atoms with Gasteiger partial charge in [0.05, 0.1) is 6.61 Å². The zero-order valence-electron chi connectivity index (χ0n) is 17.5. The Morgan fingerprint density at radius 3 is 2.80 bits per heavy atom. The number of guanidine groups is 1. The number of nitrogens with zero attached hydrogens (tertiary/aromatic N) is 2. The normalized spacial score (nSPS) is 15.0. The van der Waals surface area contributed by atoms with E-state index in [4.69, 9.17) is 4.74 Å². The molecule has 2 heterocycles. The van der Waals surface area contributed by atoms with Crippen LogP contribution in [-0.4, -0.2) is 60.8 Å². The third kappa shape index (κ3) is 6.48. The molecule has 30 heavy (non-hydrogen) atoms. The maximum absolute atomic E-state index is 13.5. The average Bonchev–Trinajstić information content (AvgIpc) is 3.11. The molecule has 0 saturated carbocycles. The number of H-pyrrole nitrogens is 1. The molecule has 0 aliphatic carbocycles. The molecule has 3 rings (SSSR count). The van der Waals surface area contributed by atoms with Crippen LogP contribution in [0, 0.1) is 5.82 Å². The van der Waals surface area contributed by atoms with Gasteiger partial charge in [-0.1, -0.05) is 0 Å². The van der Waals surface area contributed by atoms with Crippen LogP contribution < -0.4 is 10.6 Å². The number of carbonyl (C=O) groups is 1. The maximum atomic E-state index is 13.5. The Hall–Kier alpha value is -2.04. The first-order chi connectivity index (χ1) is 14.1. The number of ether oxygens (including phenoxy) is 1. The Morgan fingerprint density at radius 1 is 1.33 bits per heavy atom. The smallest absolute Gasteiger partial charge is 0.409 e. The van der Waals surface area contributed by atoms with E-state index in [0.717, 1.165) is 48.2 Å². The molecule has 166 valence electrons. The minimum absolute atomic E-state index is 0. The van der Waals surface area contributed by atoms with Crippen LogP contribution in [0.15, 0.2) is 29.4 Å². The van der Waals surface area contributed by atoms with Crippen LogP contribution in [0.1, 0.15) is 32.3 Å². The summed E-state index contributed by atoms with van der Waals surface area (Å²) >= 11 is 0. The van der Waals surface area contributed by atoms with Crippen molar-refractivity contribution in [3.63, 3.8) is 0 Å². The molecule has 1 aromatic heterocycles. The van der Waals surface area contributed by atoms with E-state index in [2.05, 4.69) is 20.6 Å². The van der Waals surface area contributed by atoms with Crippen molar-refractivity contribution in [1.82, 2.24) is 20.5 Å². The summed E-state index contributed by atoms with van der Waals surface area (Å²) in [5.74, 6) is 0.541. The van der Waals surface area contributed by atoms with Gasteiger partial charge in [0, 0.05) is 49.3 Å². The summed E-state index contributed by atoms with van der Waals surface area (Å²) in [5, 5.41) is 7.65. The molecule has 9 heteroatoms. The van der Waals surface area contributed by atoms with Gasteiger partial charge in [-0.25, -0.2) is 9.18 Å². The van der Waals surface area contributed by atoms with Gasteiger partial charge in [0.1, 0.15) is 5.82 Å². The van der Waals surface area contributed by atoms with Crippen molar-refractivity contribution in [2.75, 3.05) is 32.8 Å². The molecule has 0 atom stereocenters. The zero-order valence-corrected chi connectivity index (χ0v) is 19.9. The van der Waals surface area contributed by atoms with E-state index in [1.807, 2.05) is 20.0 Å². The van der Waals surface area contributed by atoms with Crippen molar-refractivity contribution in [3.05, 3.63) is 35.8 Å². The maximum Gasteiger partial charge on any atom is 0.409 e. The standard InChI is InChI=1S/C21H30FN5O2.HI/c1-3-23-20(26-17-8-11-27(12-9-17)21(28)29-4-2)24-10-7-15-14-25-19-6-5-16(22)13-18(15)19;/h5-6,13-14,17,25H,3-4,7-12H2,1-2H3,(H2,23,24,26);1H. The van der Waals surface area contributed by atoms with Crippen LogP contribution in [0.3, 0.4) is 0 Å². The highest BCUT2D eigenvalue weighted by atomic mass is 127. The van der Waals surface area contributed by atoms with Gasteiger partial charge >= 0.3 is 6.09 Å². The van der Waals surface area contributed by atoms with E-state index in [-0.39, 0.29) is 41.9 Å². The number of benzene rings is 1. The fraction of sp³-hybridized carbons (Fsp3) is 0.524. The monoisotopic (exact) mass is 531 g/mol. The number of amides is 1. The number of piperidine rings is 1. The first kappa shape index (κ1) is 24.2. The number of hydrogen-bond donors (Lipinski definition) is 3. The number of likely N-dealkylation sites (tertiary alicyclic amines) is 1. The number of fused-ring (bicyclic) bond motifs is 1. The highest BCUT2D eigenvalue weighted by molar-refractivity contribution is 14.0. The Labute approximate surface area is 193 Å². The van der Waals surface area contributed by atoms with Gasteiger partial charge in [-0.15, -0.1) is 24.0 Å². The van der Waals surface area contributed by atoms with E-state index in [0.29, 0.717) is 26.2 Å². The Kier molecular flexibility index (Phi) is 9.67. The SMILES string of the molecule is CCNC(=NCCc1c[nH]c2ccc(F)cc12)NC1CCN(C(=O)OCC)CC1.I. The average molecular weight is 531 g/mol. The van der Waals surface area contributed by atoms with Crippen molar-refractivity contribution in [2.45, 2.75) is 39.2 Å². The largest absolute Gasteiger partial charge is 0.450 e. The number of nitrogens with one attached hydrogen (secondary N) is 3. The molecule has 1 amide bonds. The highest BCUT2D eigenvalue weighted by Gasteiger charge is 2.24. The van der Waals surface area contributed by atoms with Crippen molar-refractivity contribution in [1.29, 1.82) is 0 Å². The van der Waals surface area contributed by atoms with Gasteiger partial charge in [0.2, 0.25) is 0 Å². The summed E-state index contributed by atoms with van der Waals surface area (Å²) in [6, 6.07) is 5.04. The quantitative estimate of drug-likeness (QED) is 0.302. The van der Waals surface area contributed by atoms with E-state index < -0.39 is 0 Å². The number of aromatic nitrogens is 1. The lowest BCUT2D eigenvalue weighted by atomic mass is 10.1. The van der Waals surface area contributed by atoms with Crippen LogP contribution in [0.2, 0.25) is 0 Å². The van der Waals surface area contributed by atoms with Crippen LogP contribution in [0.5, 0.6) is 0 Å². The lowest BCUT2D eigenvalue weighted by Crippen LogP contribution is -2.50. The molecule has 0 unspecified atom stereocenters. The zero-order chi connectivity index (χ0) is 20.6. The number of aliphatic imine (C=N–C) groups is 1. The molecule has 0 bridgehead atoms. The second-order valence-corrected chi connectivity index (χ2v) is 7.12. The predicted molar refractivity (Wildman–Crippen MR) is 128 cm³/mol. The third-order valence-corrected chi connectivity index (χ3v) is 5.09. The highest BCUT2D eigenvalue weighted by Crippen LogP contribution is 2.19. The Morgan fingerprint density at radius 2 is 2.10 bits per heavy atom. The molecule has 3 N–H and O–H groups in total. The first-order valence-electron chi connectivity index (χ1n) is 10.3. The number of hydrogen-bond acceptors (Lipinski definition) is 3. The Bertz CT molecular complexity index is 849. The summed E-state index contributed by atoms with van der Waals surface area (Å²) < 4.78 is 18.6. The molecular weight excluding hydrogens is 500 g/mol. The minimum Gasteiger partial charge on any atom is -0.450 e. The molecule has 1 aliphatic rings. The summed E-state index contributed by atoms with van der Waals surface area (Å²) in [4.78, 5) is 21.4. The summed E-state index contributed by atoms with van der Waals surface area (Å²) in [5.41, 5.74) is 1.99. The van der Waals surface area contributed by atoms with Crippen molar-refractivity contribution >= 4 is 46.9 Å². The predicted octanol–water partition coefficient (Wildman–Crippen LogP) is 3.64. The lowest BCUT2D eigenvalue weighted by molar-refractivity contribution is 0.0963. The number of carbonyl (C=O) groups excluding carboxylic acids is 1. The molecule has 2 aromatic rings.